The molecule has 2 aromatic carbocycles. The number of fused-ring (bicyclic) bond motifs is 1. The van der Waals surface area contributed by atoms with E-state index < -0.39 is 5.97 Å². The van der Waals surface area contributed by atoms with Gasteiger partial charge in [-0.1, -0.05) is 31.2 Å². The third kappa shape index (κ3) is 6.35. The van der Waals surface area contributed by atoms with Crippen LogP contribution in [0.2, 0.25) is 0 Å². The lowest BCUT2D eigenvalue weighted by atomic mass is 10.0. The highest BCUT2D eigenvalue weighted by molar-refractivity contribution is 6.09. The van der Waals surface area contributed by atoms with Crippen molar-refractivity contribution in [2.24, 2.45) is 23.4 Å². The number of para-hydroxylation sites is 1. The number of carboxylic acids is 1. The van der Waals surface area contributed by atoms with Gasteiger partial charge in [-0.25, -0.2) is 10.6 Å². The van der Waals surface area contributed by atoms with Crippen molar-refractivity contribution >= 4 is 17.9 Å². The first-order valence-corrected chi connectivity index (χ1v) is 13.0. The van der Waals surface area contributed by atoms with Crippen LogP contribution in [0.3, 0.4) is 0 Å². The summed E-state index contributed by atoms with van der Waals surface area (Å²) in [5.74, 6) is 5.34. The van der Waals surface area contributed by atoms with Gasteiger partial charge >= 0.3 is 5.97 Å². The van der Waals surface area contributed by atoms with E-state index in [1.54, 1.807) is 13.2 Å². The lowest BCUT2D eigenvalue weighted by Crippen LogP contribution is -2.32. The van der Waals surface area contributed by atoms with Crippen molar-refractivity contribution in [3.8, 4) is 5.75 Å². The van der Waals surface area contributed by atoms with Gasteiger partial charge in [0.05, 0.1) is 5.57 Å². The molecule has 202 valence electrons. The third-order valence-electron chi connectivity index (χ3n) is 7.21. The number of aryl methyl sites for hydroxylation is 1. The predicted molar refractivity (Wildman–Crippen MR) is 149 cm³/mol. The van der Waals surface area contributed by atoms with Crippen LogP contribution < -0.4 is 21.6 Å². The fraction of sp³-hybridized carbons (Fsp3) is 0.379. The summed E-state index contributed by atoms with van der Waals surface area (Å²) in [6.07, 6.45) is 4.25. The molecule has 4 rings (SSSR count). The number of ether oxygens (including phenoxy) is 1. The van der Waals surface area contributed by atoms with Crippen molar-refractivity contribution < 1.29 is 14.6 Å². The number of allylic oxidation sites excluding steroid dienone is 2. The van der Waals surface area contributed by atoms with Gasteiger partial charge in [0.15, 0.2) is 0 Å². The Morgan fingerprint density at radius 2 is 2.05 bits per heavy atom. The van der Waals surface area contributed by atoms with Crippen LogP contribution in [-0.2, 0) is 17.9 Å². The quantitative estimate of drug-likeness (QED) is 0.138. The first-order valence-electron chi connectivity index (χ1n) is 13.0. The maximum atomic E-state index is 12.0. The number of nitrogens with one attached hydrogen (secondary N) is 2. The highest BCUT2D eigenvalue weighted by Gasteiger charge is 2.44. The smallest absolute Gasteiger partial charge is 0.339 e. The van der Waals surface area contributed by atoms with Crippen molar-refractivity contribution in [3.05, 3.63) is 82.3 Å². The average Bonchev–Trinajstić information content (AvgIpc) is 3.68. The summed E-state index contributed by atoms with van der Waals surface area (Å²) in [7, 11) is 1.69. The molecule has 3 atom stereocenters. The number of aliphatic carboxylic acids is 1. The molecular weight excluding hydrogens is 480 g/mol. The summed E-state index contributed by atoms with van der Waals surface area (Å²) in [5.41, 5.74) is 11.5. The molecule has 7 N–H and O–H groups in total. The Balaban J connectivity index is 1.59. The van der Waals surface area contributed by atoms with Crippen LogP contribution in [0.5, 0.6) is 5.75 Å². The minimum atomic E-state index is -1.15. The molecule has 1 heterocycles. The summed E-state index contributed by atoms with van der Waals surface area (Å²) in [5, 5.41) is 22.3. The second kappa shape index (κ2) is 11.7. The molecule has 0 amide bonds. The van der Waals surface area contributed by atoms with Gasteiger partial charge in [0.25, 0.3) is 0 Å². The van der Waals surface area contributed by atoms with Gasteiger partial charge in [-0.3, -0.25) is 4.90 Å². The highest BCUT2D eigenvalue weighted by Crippen LogP contribution is 2.48. The summed E-state index contributed by atoms with van der Waals surface area (Å²) in [4.78, 5) is 14.4. The number of rotatable bonds is 10. The zero-order valence-electron chi connectivity index (χ0n) is 22.3. The Morgan fingerprint density at radius 1 is 1.29 bits per heavy atom. The molecule has 1 fully saturated rings. The molecule has 0 radical (unpaired) electrons. The number of carbonyl (C=O) groups is 1. The van der Waals surface area contributed by atoms with Crippen LogP contribution in [0.25, 0.3) is 0 Å². The topological polar surface area (TPSA) is 141 Å². The van der Waals surface area contributed by atoms with Gasteiger partial charge in [0, 0.05) is 73.6 Å². The number of nitrogens with two attached hydrogens (primary N) is 2. The van der Waals surface area contributed by atoms with E-state index in [4.69, 9.17) is 21.7 Å². The van der Waals surface area contributed by atoms with Crippen LogP contribution in [0.15, 0.2) is 65.6 Å². The molecule has 1 aliphatic heterocycles. The minimum absolute atomic E-state index is 0.0362. The number of nitrogens with zero attached hydrogens (tertiary/aromatic N) is 2. The normalized spacial score (nSPS) is 21.9. The van der Waals surface area contributed by atoms with Gasteiger partial charge in [-0.05, 0) is 49.1 Å². The van der Waals surface area contributed by atoms with Crippen molar-refractivity contribution in [3.63, 3.8) is 0 Å². The number of hydrazine groups is 1. The van der Waals surface area contributed by atoms with E-state index in [2.05, 4.69) is 36.2 Å². The molecule has 9 heteroatoms. The van der Waals surface area contributed by atoms with Gasteiger partial charge in [-0.2, -0.15) is 0 Å². The Kier molecular flexibility index (Phi) is 8.38. The third-order valence-corrected chi connectivity index (χ3v) is 7.21. The van der Waals surface area contributed by atoms with Crippen molar-refractivity contribution in [2.75, 3.05) is 18.9 Å². The van der Waals surface area contributed by atoms with Crippen LogP contribution >= 0.6 is 0 Å². The molecule has 1 saturated carbocycles. The average molecular weight is 519 g/mol. The van der Waals surface area contributed by atoms with E-state index >= 15 is 0 Å². The maximum Gasteiger partial charge on any atom is 0.339 e. The highest BCUT2D eigenvalue weighted by atomic mass is 16.5. The van der Waals surface area contributed by atoms with Crippen molar-refractivity contribution in [1.29, 1.82) is 5.41 Å². The van der Waals surface area contributed by atoms with Gasteiger partial charge in [0.1, 0.15) is 11.9 Å². The summed E-state index contributed by atoms with van der Waals surface area (Å²) in [6, 6.07) is 14.3. The zero-order valence-corrected chi connectivity index (χ0v) is 22.3. The monoisotopic (exact) mass is 518 g/mol. The number of anilines is 1. The molecule has 0 aromatic heterocycles. The van der Waals surface area contributed by atoms with Crippen molar-refractivity contribution in [2.45, 2.75) is 45.9 Å². The zero-order chi connectivity index (χ0) is 27.4. The van der Waals surface area contributed by atoms with Crippen LogP contribution in [0, 0.1) is 24.2 Å². The second-order valence-electron chi connectivity index (χ2n) is 10.2. The SMILES string of the molecule is CC[C@@H]1CN(Cc2cc(N/C(=C(\C=N)C(=O)O)[C@@H]3CC3/C(N)=C/N(C)N)ccc2C)Cc2ccccc2O1. The van der Waals surface area contributed by atoms with E-state index in [0.29, 0.717) is 17.8 Å². The standard InChI is InChI=1S/C29H38N6O3/c1-4-22-16-35(14-19-7-5-6-8-27(19)38-22)15-20-11-21(10-9-18(20)2)33-28(25(13-30)29(36)37)24-12-23(24)26(31)17-34(3)32/h5-11,13,17,22-24,30,33H,4,12,14-16,31-32H2,1-3H3,(H,36,37)/b26-17-,28-25+,30-13?/t22-,23?,24-/m1/s1. The molecule has 2 aliphatic rings. The fourth-order valence-electron chi connectivity index (χ4n) is 5.04. The van der Waals surface area contributed by atoms with Crippen LogP contribution in [0.4, 0.5) is 5.69 Å². The Morgan fingerprint density at radius 3 is 2.74 bits per heavy atom. The van der Waals surface area contributed by atoms with E-state index in [-0.39, 0.29) is 23.5 Å². The molecule has 38 heavy (non-hydrogen) atoms. The minimum Gasteiger partial charge on any atom is -0.489 e. The van der Waals surface area contributed by atoms with E-state index in [9.17, 15) is 9.90 Å². The van der Waals surface area contributed by atoms with Crippen molar-refractivity contribution in [1.82, 2.24) is 9.91 Å². The summed E-state index contributed by atoms with van der Waals surface area (Å²) >= 11 is 0. The second-order valence-corrected chi connectivity index (χ2v) is 10.2. The fourth-order valence-corrected chi connectivity index (χ4v) is 5.04. The summed E-state index contributed by atoms with van der Waals surface area (Å²) in [6.45, 7) is 6.56. The molecule has 1 unspecified atom stereocenters. The lowest BCUT2D eigenvalue weighted by Gasteiger charge is -2.24. The summed E-state index contributed by atoms with van der Waals surface area (Å²) < 4.78 is 6.27. The lowest BCUT2D eigenvalue weighted by molar-refractivity contribution is -0.132. The molecule has 0 bridgehead atoms. The van der Waals surface area contributed by atoms with Gasteiger partial charge < -0.3 is 31.3 Å². The van der Waals surface area contributed by atoms with Crippen LogP contribution in [0.1, 0.15) is 36.5 Å². The molecular formula is C29H38N6O3. The molecule has 1 aliphatic carbocycles. The number of hydrogen-bond acceptors (Lipinski definition) is 8. The number of benzene rings is 2. The number of hydrogen-bond donors (Lipinski definition) is 5. The maximum absolute atomic E-state index is 12.0. The Hall–Kier alpha value is -3.82. The van der Waals surface area contributed by atoms with Crippen LogP contribution in [-0.4, -0.2) is 46.9 Å². The molecule has 0 spiro atoms. The molecule has 9 nitrogen and oxygen atoms in total. The Labute approximate surface area is 224 Å². The first kappa shape index (κ1) is 27.2. The van der Waals surface area contributed by atoms with E-state index in [1.807, 2.05) is 30.3 Å². The van der Waals surface area contributed by atoms with E-state index in [0.717, 1.165) is 54.8 Å². The molecule has 0 saturated heterocycles. The van der Waals surface area contributed by atoms with Gasteiger partial charge in [0.2, 0.25) is 0 Å². The number of carboxylic acid groups (broad SMARTS) is 1. The predicted octanol–water partition coefficient (Wildman–Crippen LogP) is 3.81. The first-order chi connectivity index (χ1) is 18.2. The van der Waals surface area contributed by atoms with Gasteiger partial charge in [-0.15, -0.1) is 0 Å². The molecule has 2 aromatic rings. The Bertz CT molecular complexity index is 1250. The largest absolute Gasteiger partial charge is 0.489 e. The van der Waals surface area contributed by atoms with E-state index in [1.165, 1.54) is 10.6 Å².